The van der Waals surface area contributed by atoms with E-state index < -0.39 is 6.10 Å². The first-order valence-corrected chi connectivity index (χ1v) is 9.86. The van der Waals surface area contributed by atoms with Crippen LogP contribution in [0.4, 0.5) is 0 Å². The van der Waals surface area contributed by atoms with Crippen molar-refractivity contribution >= 4 is 5.91 Å². The van der Waals surface area contributed by atoms with Crippen LogP contribution in [0.3, 0.4) is 0 Å². The summed E-state index contributed by atoms with van der Waals surface area (Å²) in [4.78, 5) is 11.8. The Morgan fingerprint density at radius 2 is 1.64 bits per heavy atom. The molecule has 156 valence electrons. The Kier molecular flexibility index (Phi) is 13.7. The van der Waals surface area contributed by atoms with Crippen LogP contribution in [0.15, 0.2) is 71.4 Å². The molecule has 0 heterocycles. The van der Waals surface area contributed by atoms with E-state index in [1.54, 1.807) is 26.0 Å². The molecule has 0 spiro atoms. The maximum absolute atomic E-state index is 11.8. The van der Waals surface area contributed by atoms with Crippen molar-refractivity contribution in [3.05, 3.63) is 71.4 Å². The number of nitrogens with one attached hydrogen (secondary N) is 1. The fourth-order valence-electron chi connectivity index (χ4n) is 2.48. The van der Waals surface area contributed by atoms with Gasteiger partial charge in [0.05, 0.1) is 12.7 Å². The molecule has 0 aromatic rings. The average Bonchev–Trinajstić information content (AvgIpc) is 2.66. The fourth-order valence-corrected chi connectivity index (χ4v) is 2.48. The second-order valence-corrected chi connectivity index (χ2v) is 7.11. The molecule has 0 fully saturated rings. The Morgan fingerprint density at radius 3 is 2.25 bits per heavy atom. The predicted molar refractivity (Wildman–Crippen MR) is 119 cm³/mol. The predicted octanol–water partition coefficient (Wildman–Crippen LogP) is 4.40. The summed E-state index contributed by atoms with van der Waals surface area (Å²) in [5, 5.41) is 21.9. The molecule has 4 heteroatoms. The third kappa shape index (κ3) is 11.5. The average molecular weight is 388 g/mol. The first-order chi connectivity index (χ1) is 13.2. The minimum absolute atomic E-state index is 0.0594. The van der Waals surface area contributed by atoms with Crippen LogP contribution in [0.2, 0.25) is 0 Å². The summed E-state index contributed by atoms with van der Waals surface area (Å²) < 4.78 is 0. The van der Waals surface area contributed by atoms with Gasteiger partial charge in [-0.2, -0.15) is 0 Å². The molecule has 3 N–H and O–H groups in total. The van der Waals surface area contributed by atoms with Crippen molar-refractivity contribution in [3.63, 3.8) is 0 Å². The molecule has 0 radical (unpaired) electrons. The standard InChI is InChI=1S/C24H37NO3/c1-7-13-19(3)23(27)21(5)16-18(2)14-11-9-8-10-12-15-20(4)24(28)25-22(6)17-26/h8-16,21-23,26-27H,7,17H2,1-6H3,(H,25,28)/b9-8?,12-10+,14-11?,18-16?,19-13?,20-15+. The summed E-state index contributed by atoms with van der Waals surface area (Å²) in [5.41, 5.74) is 2.69. The zero-order chi connectivity index (χ0) is 21.5. The van der Waals surface area contributed by atoms with Crippen LogP contribution >= 0.6 is 0 Å². The lowest BCUT2D eigenvalue weighted by atomic mass is 9.95. The van der Waals surface area contributed by atoms with Gasteiger partial charge in [-0.3, -0.25) is 4.79 Å². The maximum Gasteiger partial charge on any atom is 0.247 e. The van der Waals surface area contributed by atoms with E-state index >= 15 is 0 Å². The zero-order valence-electron chi connectivity index (χ0n) is 18.1. The third-order valence-corrected chi connectivity index (χ3v) is 4.18. The van der Waals surface area contributed by atoms with E-state index in [4.69, 9.17) is 5.11 Å². The summed E-state index contributed by atoms with van der Waals surface area (Å²) in [5.74, 6) is -0.125. The van der Waals surface area contributed by atoms with Crippen molar-refractivity contribution in [1.82, 2.24) is 5.32 Å². The Morgan fingerprint density at radius 1 is 1.04 bits per heavy atom. The SMILES string of the molecule is CCC=C(C)C(O)C(C)C=C(C)C=CC=C/C=C/C=C(\C)C(=O)NC(C)CO. The second kappa shape index (κ2) is 14.8. The van der Waals surface area contributed by atoms with Gasteiger partial charge in [-0.25, -0.2) is 0 Å². The van der Waals surface area contributed by atoms with Gasteiger partial charge >= 0.3 is 0 Å². The number of aliphatic hydroxyl groups excluding tert-OH is 2. The molecule has 0 aromatic heterocycles. The van der Waals surface area contributed by atoms with Crippen LogP contribution < -0.4 is 5.32 Å². The highest BCUT2D eigenvalue weighted by Crippen LogP contribution is 2.16. The number of aliphatic hydroxyl groups is 2. The summed E-state index contributed by atoms with van der Waals surface area (Å²) in [6.45, 7) is 11.5. The molecule has 0 saturated carbocycles. The van der Waals surface area contributed by atoms with Crippen LogP contribution in [0.1, 0.15) is 48.0 Å². The van der Waals surface area contributed by atoms with Gasteiger partial charge in [0, 0.05) is 17.5 Å². The van der Waals surface area contributed by atoms with Gasteiger partial charge in [-0.05, 0) is 39.7 Å². The first-order valence-electron chi connectivity index (χ1n) is 9.86. The third-order valence-electron chi connectivity index (χ3n) is 4.18. The van der Waals surface area contributed by atoms with Crippen LogP contribution in [0.25, 0.3) is 0 Å². The van der Waals surface area contributed by atoms with E-state index in [1.165, 1.54) is 0 Å². The molecular weight excluding hydrogens is 350 g/mol. The molecule has 3 atom stereocenters. The smallest absolute Gasteiger partial charge is 0.247 e. The molecule has 0 aromatic carbocycles. The number of carbonyl (C=O) groups excluding carboxylic acids is 1. The Hall–Kier alpha value is -2.17. The highest BCUT2D eigenvalue weighted by molar-refractivity contribution is 5.93. The Labute approximate surface area is 170 Å². The van der Waals surface area contributed by atoms with Crippen molar-refractivity contribution in [2.24, 2.45) is 5.92 Å². The molecule has 3 unspecified atom stereocenters. The van der Waals surface area contributed by atoms with Crippen LogP contribution in [-0.4, -0.2) is 34.9 Å². The van der Waals surface area contributed by atoms with Crippen LogP contribution in [0.5, 0.6) is 0 Å². The first kappa shape index (κ1) is 25.8. The van der Waals surface area contributed by atoms with Crippen molar-refractivity contribution < 1.29 is 15.0 Å². The van der Waals surface area contributed by atoms with Gasteiger partial charge in [0.15, 0.2) is 0 Å². The normalized spacial score (nSPS) is 17.5. The van der Waals surface area contributed by atoms with E-state index in [-0.39, 0.29) is 24.5 Å². The van der Waals surface area contributed by atoms with Crippen molar-refractivity contribution in [3.8, 4) is 0 Å². The minimum atomic E-state index is -0.450. The zero-order valence-corrected chi connectivity index (χ0v) is 18.1. The summed E-state index contributed by atoms with van der Waals surface area (Å²) in [6, 6.07) is -0.253. The Balaban J connectivity index is 4.59. The lowest BCUT2D eigenvalue weighted by molar-refractivity contribution is -0.118. The molecular formula is C24H37NO3. The van der Waals surface area contributed by atoms with E-state index in [1.807, 2.05) is 51.2 Å². The van der Waals surface area contributed by atoms with Gasteiger partial charge in [-0.1, -0.05) is 74.1 Å². The van der Waals surface area contributed by atoms with Gasteiger partial charge in [0.2, 0.25) is 5.91 Å². The molecule has 0 bridgehead atoms. The molecule has 0 aliphatic carbocycles. The Bertz CT molecular complexity index is 651. The topological polar surface area (TPSA) is 69.6 Å². The van der Waals surface area contributed by atoms with Crippen molar-refractivity contribution in [2.45, 2.75) is 60.1 Å². The number of rotatable bonds is 11. The number of amides is 1. The van der Waals surface area contributed by atoms with E-state index in [9.17, 15) is 9.90 Å². The molecule has 0 aliphatic rings. The number of hydrogen-bond donors (Lipinski definition) is 3. The highest BCUT2D eigenvalue weighted by Gasteiger charge is 2.13. The maximum atomic E-state index is 11.8. The molecule has 28 heavy (non-hydrogen) atoms. The van der Waals surface area contributed by atoms with Gasteiger partial charge < -0.3 is 15.5 Å². The lowest BCUT2D eigenvalue weighted by Gasteiger charge is -2.17. The second-order valence-electron chi connectivity index (χ2n) is 7.11. The largest absolute Gasteiger partial charge is 0.394 e. The summed E-state index contributed by atoms with van der Waals surface area (Å²) in [6.07, 6.45) is 17.7. The van der Waals surface area contributed by atoms with E-state index in [0.29, 0.717) is 5.57 Å². The number of allylic oxidation sites excluding steroid dienone is 9. The molecule has 0 aliphatic heterocycles. The number of carbonyl (C=O) groups is 1. The highest BCUT2D eigenvalue weighted by atomic mass is 16.3. The molecule has 1 amide bonds. The van der Waals surface area contributed by atoms with E-state index in [2.05, 4.69) is 24.4 Å². The summed E-state index contributed by atoms with van der Waals surface area (Å²) >= 11 is 0. The van der Waals surface area contributed by atoms with Crippen molar-refractivity contribution in [1.29, 1.82) is 0 Å². The monoisotopic (exact) mass is 387 g/mol. The quantitative estimate of drug-likeness (QED) is 0.280. The van der Waals surface area contributed by atoms with E-state index in [0.717, 1.165) is 17.6 Å². The van der Waals surface area contributed by atoms with Gasteiger partial charge in [-0.15, -0.1) is 0 Å². The van der Waals surface area contributed by atoms with Gasteiger partial charge in [0.25, 0.3) is 0 Å². The van der Waals surface area contributed by atoms with Crippen LogP contribution in [-0.2, 0) is 4.79 Å². The summed E-state index contributed by atoms with van der Waals surface area (Å²) in [7, 11) is 0. The fraction of sp³-hybridized carbons (Fsp3) is 0.458. The lowest BCUT2D eigenvalue weighted by Crippen LogP contribution is -2.35. The molecule has 0 saturated heterocycles. The van der Waals surface area contributed by atoms with Crippen molar-refractivity contribution in [2.75, 3.05) is 6.61 Å². The molecule has 4 nitrogen and oxygen atoms in total. The van der Waals surface area contributed by atoms with Gasteiger partial charge in [0.1, 0.15) is 0 Å². The molecule has 0 rings (SSSR count). The minimum Gasteiger partial charge on any atom is -0.394 e. The number of hydrogen-bond acceptors (Lipinski definition) is 3. The van der Waals surface area contributed by atoms with Crippen LogP contribution in [0, 0.1) is 5.92 Å².